The lowest BCUT2D eigenvalue weighted by Crippen LogP contribution is -2.50. The first-order chi connectivity index (χ1) is 29.4. The average molecular weight is 897 g/mol. The Kier molecular flexibility index (Phi) is 12.4. The van der Waals surface area contributed by atoms with E-state index in [2.05, 4.69) is 5.43 Å². The van der Waals surface area contributed by atoms with Crippen molar-refractivity contribution in [2.45, 2.75) is 39.4 Å². The summed E-state index contributed by atoms with van der Waals surface area (Å²) < 4.78 is 15.8. The van der Waals surface area contributed by atoms with E-state index in [0.29, 0.717) is 91.7 Å². The highest BCUT2D eigenvalue weighted by Gasteiger charge is 2.31. The van der Waals surface area contributed by atoms with E-state index in [-0.39, 0.29) is 23.7 Å². The van der Waals surface area contributed by atoms with Gasteiger partial charge in [0.2, 0.25) is 0 Å². The minimum atomic E-state index is -0.614. The molecular formula is C46H38Cl4N6O5. The Balaban J connectivity index is 1.02. The Labute approximate surface area is 372 Å². The van der Waals surface area contributed by atoms with Crippen molar-refractivity contribution in [1.82, 2.24) is 29.5 Å². The minimum Gasteiger partial charge on any atom is -0.508 e. The number of ether oxygens (including phenoxy) is 2. The molecule has 8 rings (SSSR count). The SMILES string of the molecule is Cc1c(C(=O)NN2CCCC(OC(=O)c3nc(-c4ccc(Cl)cc4Cl)n(-c4ccc(OCc5ccccc5)cc4)c3C)C2)nc(-c2ccc(Cl)cc2Cl)n1-c1ccc(O)cc1. The molecule has 5 aromatic carbocycles. The van der Waals surface area contributed by atoms with Crippen LogP contribution in [0.25, 0.3) is 34.2 Å². The number of imidazole rings is 2. The number of rotatable bonds is 11. The van der Waals surface area contributed by atoms with Gasteiger partial charge in [-0.25, -0.2) is 19.8 Å². The van der Waals surface area contributed by atoms with Crippen molar-refractivity contribution in [3.8, 4) is 45.6 Å². The van der Waals surface area contributed by atoms with Crippen LogP contribution in [0.3, 0.4) is 0 Å². The molecule has 1 fully saturated rings. The van der Waals surface area contributed by atoms with E-state index >= 15 is 0 Å². The molecule has 1 aliphatic heterocycles. The number of hydrogen-bond acceptors (Lipinski definition) is 8. The lowest BCUT2D eigenvalue weighted by molar-refractivity contribution is -0.00256. The maximum Gasteiger partial charge on any atom is 0.359 e. The highest BCUT2D eigenvalue weighted by molar-refractivity contribution is 6.37. The van der Waals surface area contributed by atoms with Crippen molar-refractivity contribution >= 4 is 58.3 Å². The molecule has 1 atom stereocenters. The summed E-state index contributed by atoms with van der Waals surface area (Å²) in [6.07, 6.45) is 0.655. The van der Waals surface area contributed by atoms with Gasteiger partial charge in [0.15, 0.2) is 11.4 Å². The van der Waals surface area contributed by atoms with Gasteiger partial charge in [0.25, 0.3) is 5.91 Å². The number of aromatic hydroxyl groups is 1. The summed E-state index contributed by atoms with van der Waals surface area (Å²) >= 11 is 25.8. The second-order valence-electron chi connectivity index (χ2n) is 14.5. The van der Waals surface area contributed by atoms with E-state index in [9.17, 15) is 14.7 Å². The summed E-state index contributed by atoms with van der Waals surface area (Å²) in [6, 6.07) is 34.1. The fourth-order valence-corrected chi connectivity index (χ4v) is 8.31. The number of hydrogen-bond donors (Lipinski definition) is 2. The van der Waals surface area contributed by atoms with Crippen molar-refractivity contribution in [2.75, 3.05) is 13.1 Å². The van der Waals surface area contributed by atoms with Gasteiger partial charge in [0.05, 0.1) is 28.0 Å². The number of halogens is 4. The molecule has 2 aromatic heterocycles. The number of phenols is 1. The van der Waals surface area contributed by atoms with E-state index in [0.717, 1.165) is 11.3 Å². The molecule has 2 N–H and O–H groups in total. The Morgan fingerprint density at radius 2 is 1.30 bits per heavy atom. The number of piperidine rings is 1. The molecule has 1 unspecified atom stereocenters. The third-order valence-electron chi connectivity index (χ3n) is 10.3. The van der Waals surface area contributed by atoms with Gasteiger partial charge in [0.1, 0.15) is 35.9 Å². The smallest absolute Gasteiger partial charge is 0.359 e. The van der Waals surface area contributed by atoms with E-state index in [1.165, 1.54) is 0 Å². The third-order valence-corrected chi connectivity index (χ3v) is 11.4. The standard InChI is InChI=1S/C46H38Cl4N6O5/c1-27-41(51-43(37-20-10-30(47)23-39(37)49)55(27)32-12-16-34(57)17-13-32)45(58)53-54-22-6-9-36(25-54)61-46(59)42-28(2)56(44(52-42)38-21-11-31(48)24-40(38)50)33-14-18-35(19-15-33)60-26-29-7-4-3-5-8-29/h3-5,7-8,10-21,23-24,36,57H,6,9,22,25-26H2,1-2H3,(H,53,58). The number of nitrogens with one attached hydrogen (secondary N) is 1. The number of carbonyl (C=O) groups excluding carboxylic acids is 2. The lowest BCUT2D eigenvalue weighted by Gasteiger charge is -2.32. The molecule has 15 heteroatoms. The highest BCUT2D eigenvalue weighted by atomic mass is 35.5. The fraction of sp³-hybridized carbons (Fsp3) is 0.174. The predicted molar refractivity (Wildman–Crippen MR) is 237 cm³/mol. The molecule has 0 aliphatic carbocycles. The summed E-state index contributed by atoms with van der Waals surface area (Å²) in [7, 11) is 0. The Morgan fingerprint density at radius 3 is 1.89 bits per heavy atom. The maximum atomic E-state index is 14.0. The molecule has 1 aliphatic rings. The Morgan fingerprint density at radius 1 is 0.738 bits per heavy atom. The van der Waals surface area contributed by atoms with Gasteiger partial charge in [-0.1, -0.05) is 76.7 Å². The average Bonchev–Trinajstić information content (AvgIpc) is 3.77. The molecule has 11 nitrogen and oxygen atoms in total. The number of esters is 1. The van der Waals surface area contributed by atoms with Crippen molar-refractivity contribution in [1.29, 1.82) is 0 Å². The van der Waals surface area contributed by atoms with Gasteiger partial charge >= 0.3 is 5.97 Å². The van der Waals surface area contributed by atoms with Crippen LogP contribution in [0.15, 0.2) is 115 Å². The number of aromatic nitrogens is 4. The van der Waals surface area contributed by atoms with Gasteiger partial charge in [-0.3, -0.25) is 19.4 Å². The van der Waals surface area contributed by atoms with Crippen LogP contribution in [0.1, 0.15) is 50.8 Å². The Bertz CT molecular complexity index is 2740. The van der Waals surface area contributed by atoms with Gasteiger partial charge in [0, 0.05) is 39.1 Å². The zero-order valence-electron chi connectivity index (χ0n) is 32.9. The van der Waals surface area contributed by atoms with Crippen LogP contribution < -0.4 is 10.2 Å². The van der Waals surface area contributed by atoms with Crippen LogP contribution in [0, 0.1) is 13.8 Å². The maximum absolute atomic E-state index is 14.0. The van der Waals surface area contributed by atoms with Gasteiger partial charge in [-0.2, -0.15) is 0 Å². The molecule has 7 aromatic rings. The molecule has 310 valence electrons. The van der Waals surface area contributed by atoms with Crippen LogP contribution >= 0.6 is 46.4 Å². The molecule has 1 saturated heterocycles. The largest absolute Gasteiger partial charge is 0.508 e. The Hall–Kier alpha value is -5.82. The first kappa shape index (κ1) is 41.9. The van der Waals surface area contributed by atoms with Crippen LogP contribution in [-0.4, -0.2) is 60.3 Å². The molecule has 0 radical (unpaired) electrons. The van der Waals surface area contributed by atoms with E-state index in [1.807, 2.05) is 59.2 Å². The van der Waals surface area contributed by atoms with Crippen molar-refractivity contribution in [3.63, 3.8) is 0 Å². The number of carbonyl (C=O) groups is 2. The second kappa shape index (κ2) is 18.0. The quantitative estimate of drug-likeness (QED) is 0.123. The van der Waals surface area contributed by atoms with Crippen molar-refractivity contribution in [3.05, 3.63) is 164 Å². The molecule has 3 heterocycles. The normalized spacial score (nSPS) is 14.2. The number of amides is 1. The second-order valence-corrected chi connectivity index (χ2v) is 16.2. The zero-order chi connectivity index (χ0) is 42.8. The summed E-state index contributed by atoms with van der Waals surface area (Å²) in [4.78, 5) is 37.6. The van der Waals surface area contributed by atoms with E-state index in [1.54, 1.807) is 84.1 Å². The first-order valence-corrected chi connectivity index (χ1v) is 20.9. The molecule has 0 bridgehead atoms. The van der Waals surface area contributed by atoms with Crippen molar-refractivity contribution in [2.24, 2.45) is 0 Å². The first-order valence-electron chi connectivity index (χ1n) is 19.4. The summed E-state index contributed by atoms with van der Waals surface area (Å²) in [5.41, 5.74) is 7.93. The molecule has 61 heavy (non-hydrogen) atoms. The molecule has 0 saturated carbocycles. The number of benzene rings is 5. The number of hydrazine groups is 1. The fourth-order valence-electron chi connectivity index (χ4n) is 7.32. The van der Waals surface area contributed by atoms with Crippen LogP contribution in [0.5, 0.6) is 11.5 Å². The molecule has 0 spiro atoms. The number of phenolic OH excluding ortho intramolecular Hbond substituents is 1. The van der Waals surface area contributed by atoms with Gasteiger partial charge in [-0.15, -0.1) is 0 Å². The van der Waals surface area contributed by atoms with Crippen LogP contribution in [-0.2, 0) is 11.3 Å². The molecular weight excluding hydrogens is 858 g/mol. The van der Waals surface area contributed by atoms with Gasteiger partial charge < -0.3 is 14.6 Å². The summed E-state index contributed by atoms with van der Waals surface area (Å²) in [6.45, 7) is 4.75. The van der Waals surface area contributed by atoms with E-state index in [4.69, 9.17) is 65.8 Å². The zero-order valence-corrected chi connectivity index (χ0v) is 35.9. The summed E-state index contributed by atoms with van der Waals surface area (Å²) in [5, 5.41) is 13.3. The lowest BCUT2D eigenvalue weighted by atomic mass is 10.1. The van der Waals surface area contributed by atoms with Crippen LogP contribution in [0.4, 0.5) is 0 Å². The number of nitrogens with zero attached hydrogens (tertiary/aromatic N) is 5. The topological polar surface area (TPSA) is 124 Å². The minimum absolute atomic E-state index is 0.0939. The highest BCUT2D eigenvalue weighted by Crippen LogP contribution is 2.36. The van der Waals surface area contributed by atoms with Crippen LogP contribution in [0.2, 0.25) is 20.1 Å². The molecule has 1 amide bonds. The predicted octanol–water partition coefficient (Wildman–Crippen LogP) is 10.9. The summed E-state index contributed by atoms with van der Waals surface area (Å²) in [5.74, 6) is 0.555. The van der Waals surface area contributed by atoms with Crippen molar-refractivity contribution < 1.29 is 24.2 Å². The third kappa shape index (κ3) is 9.12. The monoisotopic (exact) mass is 894 g/mol. The van der Waals surface area contributed by atoms with Gasteiger partial charge in [-0.05, 0) is 117 Å². The van der Waals surface area contributed by atoms with E-state index < -0.39 is 18.0 Å².